The van der Waals surface area contributed by atoms with E-state index in [9.17, 15) is 4.79 Å². The fourth-order valence-corrected chi connectivity index (χ4v) is 2.14. The maximum absolute atomic E-state index is 11.6. The fourth-order valence-electron chi connectivity index (χ4n) is 2.14. The van der Waals surface area contributed by atoms with Gasteiger partial charge in [0.2, 0.25) is 5.91 Å². The molecule has 0 radical (unpaired) electrons. The van der Waals surface area contributed by atoms with Crippen molar-refractivity contribution in [1.82, 2.24) is 5.32 Å². The number of hydrogen-bond donors (Lipinski definition) is 1. The predicted octanol–water partition coefficient (Wildman–Crippen LogP) is 1.60. The van der Waals surface area contributed by atoms with Crippen LogP contribution >= 0.6 is 0 Å². The molecule has 0 aromatic heterocycles. The second-order valence-corrected chi connectivity index (χ2v) is 4.55. The molecule has 0 heterocycles. The summed E-state index contributed by atoms with van der Waals surface area (Å²) in [5.41, 5.74) is -0.640. The van der Waals surface area contributed by atoms with Crippen LogP contribution in [0.3, 0.4) is 0 Å². The van der Waals surface area contributed by atoms with Gasteiger partial charge >= 0.3 is 0 Å². The highest BCUT2D eigenvalue weighted by atomic mass is 16.2. The monoisotopic (exact) mass is 192 g/mol. The zero-order chi connectivity index (χ0) is 10.0. The van der Waals surface area contributed by atoms with Gasteiger partial charge in [-0.15, -0.1) is 0 Å². The van der Waals surface area contributed by atoms with Crippen LogP contribution in [0.25, 0.3) is 0 Å². The summed E-state index contributed by atoms with van der Waals surface area (Å²) in [6.45, 7) is 0.780. The molecule has 76 valence electrons. The Morgan fingerprint density at radius 1 is 1.43 bits per heavy atom. The van der Waals surface area contributed by atoms with Crippen molar-refractivity contribution < 1.29 is 4.79 Å². The van der Waals surface area contributed by atoms with Crippen molar-refractivity contribution >= 4 is 5.91 Å². The highest BCUT2D eigenvalue weighted by Gasteiger charge is 2.50. The molecule has 14 heavy (non-hydrogen) atoms. The minimum Gasteiger partial charge on any atom is -0.354 e. The van der Waals surface area contributed by atoms with Gasteiger partial charge in [0.05, 0.1) is 6.07 Å². The molecule has 2 rings (SSSR count). The van der Waals surface area contributed by atoms with E-state index in [1.54, 1.807) is 0 Å². The first-order valence-corrected chi connectivity index (χ1v) is 5.46. The Balaban J connectivity index is 1.75. The van der Waals surface area contributed by atoms with Crippen molar-refractivity contribution in [2.24, 2.45) is 11.3 Å². The first-order chi connectivity index (χ1) is 6.77. The van der Waals surface area contributed by atoms with Crippen LogP contribution in [-0.4, -0.2) is 12.5 Å². The summed E-state index contributed by atoms with van der Waals surface area (Å²) in [6.07, 6.45) is 6.56. The minimum atomic E-state index is -0.640. The van der Waals surface area contributed by atoms with Crippen LogP contribution in [0.1, 0.15) is 38.5 Å². The van der Waals surface area contributed by atoms with E-state index in [-0.39, 0.29) is 5.91 Å². The number of carbonyl (C=O) groups is 1. The summed E-state index contributed by atoms with van der Waals surface area (Å²) >= 11 is 0. The van der Waals surface area contributed by atoms with Crippen LogP contribution in [0.2, 0.25) is 0 Å². The van der Waals surface area contributed by atoms with Crippen LogP contribution in [0.15, 0.2) is 0 Å². The third kappa shape index (κ3) is 1.75. The number of carbonyl (C=O) groups excluding carboxylic acids is 1. The maximum Gasteiger partial charge on any atom is 0.240 e. The average Bonchev–Trinajstić information content (AvgIpc) is 2.84. The van der Waals surface area contributed by atoms with Crippen molar-refractivity contribution in [1.29, 1.82) is 5.26 Å². The molecule has 0 aliphatic heterocycles. The van der Waals surface area contributed by atoms with Crippen molar-refractivity contribution in [3.05, 3.63) is 0 Å². The van der Waals surface area contributed by atoms with Gasteiger partial charge in [-0.2, -0.15) is 5.26 Å². The third-order valence-electron chi connectivity index (χ3n) is 3.42. The number of rotatable bonds is 3. The Hall–Kier alpha value is -1.04. The zero-order valence-electron chi connectivity index (χ0n) is 8.38. The molecule has 0 aromatic carbocycles. The molecular weight excluding hydrogens is 176 g/mol. The molecular formula is C11H16N2O. The van der Waals surface area contributed by atoms with E-state index in [0.717, 1.165) is 19.4 Å². The lowest BCUT2D eigenvalue weighted by atomic mass is 10.1. The van der Waals surface area contributed by atoms with Gasteiger partial charge in [0.1, 0.15) is 5.41 Å². The zero-order valence-corrected chi connectivity index (χ0v) is 8.38. The molecule has 2 aliphatic carbocycles. The quantitative estimate of drug-likeness (QED) is 0.738. The van der Waals surface area contributed by atoms with Gasteiger partial charge in [-0.1, -0.05) is 12.8 Å². The number of nitriles is 1. The lowest BCUT2D eigenvalue weighted by Crippen LogP contribution is -2.34. The number of nitrogens with zero attached hydrogens (tertiary/aromatic N) is 1. The van der Waals surface area contributed by atoms with E-state index in [1.807, 2.05) is 0 Å². The van der Waals surface area contributed by atoms with Crippen molar-refractivity contribution in [3.8, 4) is 6.07 Å². The van der Waals surface area contributed by atoms with Crippen LogP contribution in [-0.2, 0) is 4.79 Å². The SMILES string of the molecule is N#CC1(C(=O)NCC2CCCC2)CC1. The molecule has 2 saturated carbocycles. The molecule has 2 aliphatic rings. The average molecular weight is 192 g/mol. The topological polar surface area (TPSA) is 52.9 Å². The highest BCUT2D eigenvalue weighted by molar-refractivity contribution is 5.88. The molecule has 1 N–H and O–H groups in total. The molecule has 0 aromatic rings. The van der Waals surface area contributed by atoms with E-state index in [0.29, 0.717) is 5.92 Å². The van der Waals surface area contributed by atoms with Crippen molar-refractivity contribution in [2.45, 2.75) is 38.5 Å². The molecule has 0 unspecified atom stereocenters. The first-order valence-electron chi connectivity index (χ1n) is 5.46. The standard InChI is InChI=1S/C11H16N2O/c12-8-11(5-6-11)10(14)13-7-9-3-1-2-4-9/h9H,1-7H2,(H,13,14). The third-order valence-corrected chi connectivity index (χ3v) is 3.42. The van der Waals surface area contributed by atoms with Gasteiger partial charge < -0.3 is 5.32 Å². The predicted molar refractivity (Wildman–Crippen MR) is 52.2 cm³/mol. The Morgan fingerprint density at radius 2 is 2.07 bits per heavy atom. The van der Waals surface area contributed by atoms with Crippen LogP contribution in [0.4, 0.5) is 0 Å². The summed E-state index contributed by atoms with van der Waals surface area (Å²) < 4.78 is 0. The summed E-state index contributed by atoms with van der Waals surface area (Å²) in [4.78, 5) is 11.6. The Morgan fingerprint density at radius 3 is 2.57 bits per heavy atom. The first kappa shape index (κ1) is 9.51. The molecule has 1 amide bonds. The smallest absolute Gasteiger partial charge is 0.240 e. The van der Waals surface area contributed by atoms with Crippen molar-refractivity contribution in [2.75, 3.05) is 6.54 Å². The van der Waals surface area contributed by atoms with E-state index in [1.165, 1.54) is 25.7 Å². The highest BCUT2D eigenvalue weighted by Crippen LogP contribution is 2.45. The van der Waals surface area contributed by atoms with E-state index < -0.39 is 5.41 Å². The van der Waals surface area contributed by atoms with E-state index in [2.05, 4.69) is 11.4 Å². The number of amides is 1. The lowest BCUT2D eigenvalue weighted by Gasteiger charge is -2.12. The number of nitrogens with one attached hydrogen (secondary N) is 1. The fraction of sp³-hybridized carbons (Fsp3) is 0.818. The van der Waals surface area contributed by atoms with Gasteiger partial charge in [0, 0.05) is 6.54 Å². The minimum absolute atomic E-state index is 0.0353. The molecule has 3 heteroatoms. The van der Waals surface area contributed by atoms with Gasteiger partial charge in [0.15, 0.2) is 0 Å². The molecule has 2 fully saturated rings. The Bertz CT molecular complexity index is 270. The van der Waals surface area contributed by atoms with Crippen LogP contribution in [0, 0.1) is 22.7 Å². The molecule has 3 nitrogen and oxygen atoms in total. The normalized spacial score (nSPS) is 24.2. The Labute approximate surface area is 84.5 Å². The van der Waals surface area contributed by atoms with E-state index in [4.69, 9.17) is 5.26 Å². The Kier molecular flexibility index (Phi) is 2.45. The lowest BCUT2D eigenvalue weighted by molar-refractivity contribution is -0.124. The van der Waals surface area contributed by atoms with Gasteiger partial charge in [-0.05, 0) is 31.6 Å². The summed E-state index contributed by atoms with van der Waals surface area (Å²) in [5, 5.41) is 11.7. The van der Waals surface area contributed by atoms with Gasteiger partial charge in [-0.3, -0.25) is 4.79 Å². The molecule has 0 atom stereocenters. The van der Waals surface area contributed by atoms with Crippen molar-refractivity contribution in [3.63, 3.8) is 0 Å². The van der Waals surface area contributed by atoms with E-state index >= 15 is 0 Å². The molecule has 0 bridgehead atoms. The van der Waals surface area contributed by atoms with Crippen LogP contribution in [0.5, 0.6) is 0 Å². The second-order valence-electron chi connectivity index (χ2n) is 4.55. The second kappa shape index (κ2) is 3.61. The van der Waals surface area contributed by atoms with Crippen LogP contribution < -0.4 is 5.32 Å². The summed E-state index contributed by atoms with van der Waals surface area (Å²) in [5.74, 6) is 0.625. The van der Waals surface area contributed by atoms with Gasteiger partial charge in [-0.25, -0.2) is 0 Å². The molecule has 0 saturated heterocycles. The largest absolute Gasteiger partial charge is 0.354 e. The number of hydrogen-bond acceptors (Lipinski definition) is 2. The molecule has 0 spiro atoms. The summed E-state index contributed by atoms with van der Waals surface area (Å²) in [6, 6.07) is 2.12. The maximum atomic E-state index is 11.6. The van der Waals surface area contributed by atoms with Gasteiger partial charge in [0.25, 0.3) is 0 Å². The summed E-state index contributed by atoms with van der Waals surface area (Å²) in [7, 11) is 0.